The van der Waals surface area contributed by atoms with Crippen molar-refractivity contribution in [1.82, 2.24) is 9.62 Å². The number of hydrogen-bond donors (Lipinski definition) is 2. The van der Waals surface area contributed by atoms with Gasteiger partial charge in [-0.2, -0.15) is 4.31 Å². The lowest BCUT2D eigenvalue weighted by atomic mass is 10.0. The molecule has 0 aromatic heterocycles. The largest absolute Gasteiger partial charge is 0.352 e. The SMILES string of the molecule is CCN(CC)S(=O)(=O)c1ccc(F)c(C(=O)NCCC[NH+]2CCCC[C@@H]2C)c1. The van der Waals surface area contributed by atoms with Gasteiger partial charge in [0.05, 0.1) is 29.6 Å². The average Bonchev–Trinajstić information content (AvgIpc) is 2.67. The maximum atomic E-state index is 14.2. The molecule has 0 bridgehead atoms. The Labute approximate surface area is 168 Å². The number of nitrogens with one attached hydrogen (secondary N) is 2. The molecule has 1 amide bonds. The average molecular weight is 415 g/mol. The molecule has 0 aliphatic carbocycles. The van der Waals surface area contributed by atoms with Gasteiger partial charge in [0.15, 0.2) is 0 Å². The Morgan fingerprint density at radius 1 is 1.29 bits per heavy atom. The first-order valence-corrected chi connectivity index (χ1v) is 11.7. The molecule has 1 aliphatic rings. The van der Waals surface area contributed by atoms with Crippen molar-refractivity contribution < 1.29 is 22.5 Å². The molecule has 0 radical (unpaired) electrons. The highest BCUT2D eigenvalue weighted by molar-refractivity contribution is 7.89. The van der Waals surface area contributed by atoms with Gasteiger partial charge in [0, 0.05) is 26.1 Å². The van der Waals surface area contributed by atoms with Gasteiger partial charge < -0.3 is 10.2 Å². The van der Waals surface area contributed by atoms with E-state index < -0.39 is 21.7 Å². The van der Waals surface area contributed by atoms with Crippen molar-refractivity contribution in [2.24, 2.45) is 0 Å². The molecule has 158 valence electrons. The van der Waals surface area contributed by atoms with Crippen molar-refractivity contribution in [3.8, 4) is 0 Å². The quantitative estimate of drug-likeness (QED) is 0.601. The third-order valence-electron chi connectivity index (χ3n) is 5.57. The normalized spacial score (nSPS) is 20.3. The van der Waals surface area contributed by atoms with E-state index in [-0.39, 0.29) is 10.5 Å². The summed E-state index contributed by atoms with van der Waals surface area (Å²) < 4.78 is 40.7. The zero-order valence-electron chi connectivity index (χ0n) is 17.1. The Bertz CT molecular complexity index is 766. The maximum absolute atomic E-state index is 14.2. The fourth-order valence-electron chi connectivity index (χ4n) is 3.79. The van der Waals surface area contributed by atoms with E-state index in [2.05, 4.69) is 12.2 Å². The van der Waals surface area contributed by atoms with Crippen LogP contribution < -0.4 is 10.2 Å². The van der Waals surface area contributed by atoms with Gasteiger partial charge in [0.1, 0.15) is 5.82 Å². The van der Waals surface area contributed by atoms with Crippen molar-refractivity contribution in [2.45, 2.75) is 57.4 Å². The van der Waals surface area contributed by atoms with E-state index in [1.165, 1.54) is 29.6 Å². The predicted octanol–water partition coefficient (Wildman–Crippen LogP) is 1.43. The van der Waals surface area contributed by atoms with Crippen molar-refractivity contribution in [1.29, 1.82) is 0 Å². The number of rotatable bonds is 9. The van der Waals surface area contributed by atoms with Crippen LogP contribution >= 0.6 is 0 Å². The smallest absolute Gasteiger partial charge is 0.254 e. The number of quaternary nitrogens is 1. The lowest BCUT2D eigenvalue weighted by Gasteiger charge is -2.30. The van der Waals surface area contributed by atoms with Crippen LogP contribution in [0.5, 0.6) is 0 Å². The molecule has 2 N–H and O–H groups in total. The molecule has 0 spiro atoms. The number of carbonyl (C=O) groups is 1. The van der Waals surface area contributed by atoms with Crippen LogP contribution in [0.4, 0.5) is 4.39 Å². The summed E-state index contributed by atoms with van der Waals surface area (Å²) >= 11 is 0. The fraction of sp³-hybridized carbons (Fsp3) is 0.650. The second-order valence-corrected chi connectivity index (χ2v) is 9.33. The van der Waals surface area contributed by atoms with E-state index >= 15 is 0 Å². The van der Waals surface area contributed by atoms with Gasteiger partial charge in [0.25, 0.3) is 5.91 Å². The minimum Gasteiger partial charge on any atom is -0.352 e. The highest BCUT2D eigenvalue weighted by Crippen LogP contribution is 2.19. The number of hydrogen-bond acceptors (Lipinski definition) is 3. The summed E-state index contributed by atoms with van der Waals surface area (Å²) in [5.74, 6) is -1.29. The van der Waals surface area contributed by atoms with Crippen LogP contribution in [-0.2, 0) is 10.0 Å². The first kappa shape index (κ1) is 22.8. The first-order valence-electron chi connectivity index (χ1n) is 10.2. The molecule has 2 atom stereocenters. The molecule has 1 unspecified atom stereocenters. The highest BCUT2D eigenvalue weighted by atomic mass is 32.2. The number of benzene rings is 1. The molecule has 28 heavy (non-hydrogen) atoms. The fourth-order valence-corrected chi connectivity index (χ4v) is 5.27. The van der Waals surface area contributed by atoms with Gasteiger partial charge in [-0.05, 0) is 44.4 Å². The second kappa shape index (κ2) is 10.3. The van der Waals surface area contributed by atoms with Crippen LogP contribution in [0.3, 0.4) is 0 Å². The zero-order chi connectivity index (χ0) is 20.7. The molecule has 1 aliphatic heterocycles. The number of likely N-dealkylation sites (tertiary alicyclic amines) is 1. The Balaban J connectivity index is 1.99. The zero-order valence-corrected chi connectivity index (χ0v) is 17.9. The monoisotopic (exact) mass is 414 g/mol. The van der Waals surface area contributed by atoms with E-state index in [4.69, 9.17) is 0 Å². The summed E-state index contributed by atoms with van der Waals surface area (Å²) in [4.78, 5) is 13.9. The Morgan fingerprint density at radius 3 is 2.64 bits per heavy atom. The molecule has 0 saturated carbocycles. The Morgan fingerprint density at radius 2 is 2.00 bits per heavy atom. The number of halogens is 1. The van der Waals surface area contributed by atoms with Crippen LogP contribution in [0.25, 0.3) is 0 Å². The number of piperidine rings is 1. The molecular weight excluding hydrogens is 381 g/mol. The van der Waals surface area contributed by atoms with E-state index in [1.807, 2.05) is 0 Å². The van der Waals surface area contributed by atoms with Crippen molar-refractivity contribution in [3.05, 3.63) is 29.6 Å². The Kier molecular flexibility index (Phi) is 8.39. The predicted molar refractivity (Wildman–Crippen MR) is 107 cm³/mol. The van der Waals surface area contributed by atoms with Gasteiger partial charge in [-0.3, -0.25) is 4.79 Å². The van der Waals surface area contributed by atoms with Crippen molar-refractivity contribution in [2.75, 3.05) is 32.7 Å². The highest BCUT2D eigenvalue weighted by Gasteiger charge is 2.24. The molecule has 1 saturated heterocycles. The van der Waals surface area contributed by atoms with Crippen LogP contribution in [0.2, 0.25) is 0 Å². The lowest BCUT2D eigenvalue weighted by molar-refractivity contribution is -0.928. The summed E-state index contributed by atoms with van der Waals surface area (Å²) in [6.45, 7) is 8.94. The summed E-state index contributed by atoms with van der Waals surface area (Å²) in [6, 6.07) is 4.03. The summed E-state index contributed by atoms with van der Waals surface area (Å²) in [6.07, 6.45) is 4.57. The standard InChI is InChI=1S/C20H32FN3O3S/c1-4-24(5-2)28(26,27)17-10-11-19(21)18(15-17)20(25)22-12-8-14-23-13-7-6-9-16(23)3/h10-11,15-16H,4-9,12-14H2,1-3H3,(H,22,25)/p+1/t16-/m0/s1. The molecule has 1 aromatic carbocycles. The maximum Gasteiger partial charge on any atom is 0.254 e. The molecule has 2 rings (SSSR count). The molecular formula is C20H33FN3O3S+. The third kappa shape index (κ3) is 5.52. The minimum absolute atomic E-state index is 0.0608. The molecule has 1 aromatic rings. The van der Waals surface area contributed by atoms with E-state index in [0.29, 0.717) is 25.7 Å². The van der Waals surface area contributed by atoms with Crippen molar-refractivity contribution in [3.63, 3.8) is 0 Å². The van der Waals surface area contributed by atoms with E-state index in [9.17, 15) is 17.6 Å². The van der Waals surface area contributed by atoms with Crippen LogP contribution in [-0.4, -0.2) is 57.4 Å². The van der Waals surface area contributed by atoms with E-state index in [0.717, 1.165) is 31.6 Å². The summed E-state index contributed by atoms with van der Waals surface area (Å²) in [5.41, 5.74) is -0.230. The van der Waals surface area contributed by atoms with Crippen LogP contribution in [0, 0.1) is 5.82 Å². The molecule has 1 fully saturated rings. The molecule has 6 nitrogen and oxygen atoms in total. The number of nitrogens with zero attached hydrogens (tertiary/aromatic N) is 1. The van der Waals surface area contributed by atoms with Gasteiger partial charge in [-0.25, -0.2) is 12.8 Å². The molecule has 8 heteroatoms. The van der Waals surface area contributed by atoms with Gasteiger partial charge >= 0.3 is 0 Å². The molecule has 1 heterocycles. The summed E-state index contributed by atoms with van der Waals surface area (Å²) in [7, 11) is -3.74. The Hall–Kier alpha value is -1.51. The first-order chi connectivity index (χ1) is 13.3. The lowest BCUT2D eigenvalue weighted by Crippen LogP contribution is -3.16. The number of sulfonamides is 1. The van der Waals surface area contributed by atoms with Gasteiger partial charge in [-0.15, -0.1) is 0 Å². The van der Waals surface area contributed by atoms with Crippen LogP contribution in [0.15, 0.2) is 23.1 Å². The van der Waals surface area contributed by atoms with Gasteiger partial charge in [0.2, 0.25) is 10.0 Å². The third-order valence-corrected chi connectivity index (χ3v) is 7.61. The summed E-state index contributed by atoms with van der Waals surface area (Å²) in [5, 5.41) is 2.73. The minimum atomic E-state index is -3.74. The van der Waals surface area contributed by atoms with Crippen molar-refractivity contribution >= 4 is 15.9 Å². The second-order valence-electron chi connectivity index (χ2n) is 7.40. The van der Waals surface area contributed by atoms with Crippen LogP contribution in [0.1, 0.15) is 56.8 Å². The van der Waals surface area contributed by atoms with E-state index in [1.54, 1.807) is 18.7 Å². The van der Waals surface area contributed by atoms with Gasteiger partial charge in [-0.1, -0.05) is 13.8 Å². The topological polar surface area (TPSA) is 70.9 Å². The number of carbonyl (C=O) groups excluding carboxylic acids is 1. The number of amides is 1.